The van der Waals surface area contributed by atoms with Crippen LogP contribution in [0.5, 0.6) is 0 Å². The van der Waals surface area contributed by atoms with Crippen molar-refractivity contribution in [2.45, 2.75) is 6.10 Å². The normalized spacial score (nSPS) is 11.9. The Bertz CT molecular complexity index is 522. The molecule has 1 unspecified atom stereocenters. The second kappa shape index (κ2) is 5.42. The second-order valence-electron chi connectivity index (χ2n) is 3.77. The Morgan fingerprint density at radius 2 is 1.94 bits per heavy atom. The van der Waals surface area contributed by atoms with Crippen molar-refractivity contribution in [3.63, 3.8) is 0 Å². The smallest absolute Gasteiger partial charge is 0.337 e. The highest BCUT2D eigenvalue weighted by molar-refractivity contribution is 5.89. The van der Waals surface area contributed by atoms with Crippen molar-refractivity contribution in [1.82, 2.24) is 4.98 Å². The lowest BCUT2D eigenvalue weighted by Gasteiger charge is -2.10. The van der Waals surface area contributed by atoms with Gasteiger partial charge in [-0.3, -0.25) is 4.98 Å². The van der Waals surface area contributed by atoms with Gasteiger partial charge in [0.15, 0.2) is 0 Å². The summed E-state index contributed by atoms with van der Waals surface area (Å²) in [7, 11) is 1.33. The van der Waals surface area contributed by atoms with Crippen molar-refractivity contribution < 1.29 is 14.6 Å². The predicted octanol–water partition coefficient (Wildman–Crippen LogP) is 1.95. The van der Waals surface area contributed by atoms with E-state index in [0.29, 0.717) is 16.8 Å². The van der Waals surface area contributed by atoms with Crippen LogP contribution in [-0.4, -0.2) is 23.2 Å². The molecule has 0 aliphatic heterocycles. The highest BCUT2D eigenvalue weighted by atomic mass is 16.5. The number of carbonyl (C=O) groups excluding carboxylic acids is 1. The highest BCUT2D eigenvalue weighted by Crippen LogP contribution is 2.20. The molecule has 0 aliphatic rings. The quantitative estimate of drug-likeness (QED) is 0.837. The van der Waals surface area contributed by atoms with Gasteiger partial charge in [0.2, 0.25) is 0 Å². The number of aliphatic hydroxyl groups is 1. The summed E-state index contributed by atoms with van der Waals surface area (Å²) in [6.45, 7) is 0. The number of pyridine rings is 1. The first kappa shape index (κ1) is 12.3. The minimum Gasteiger partial charge on any atom is -0.465 e. The van der Waals surface area contributed by atoms with E-state index in [0.717, 1.165) is 0 Å². The molecular formula is C14H13NO3. The van der Waals surface area contributed by atoms with Gasteiger partial charge >= 0.3 is 5.97 Å². The summed E-state index contributed by atoms with van der Waals surface area (Å²) in [4.78, 5) is 15.4. The van der Waals surface area contributed by atoms with E-state index < -0.39 is 12.1 Å². The minimum absolute atomic E-state index is 0.395. The molecule has 0 amide bonds. The zero-order valence-corrected chi connectivity index (χ0v) is 9.91. The number of nitrogens with zero attached hydrogens (tertiary/aromatic N) is 1. The molecule has 4 heteroatoms. The molecule has 1 N–H and O–H groups in total. The Hall–Kier alpha value is -2.20. The number of methoxy groups -OCH3 is 1. The molecule has 0 saturated carbocycles. The maximum Gasteiger partial charge on any atom is 0.337 e. The number of carbonyl (C=O) groups is 1. The molecule has 2 aromatic rings. The summed E-state index contributed by atoms with van der Waals surface area (Å²) < 4.78 is 4.61. The Kier molecular flexibility index (Phi) is 3.69. The first-order valence-corrected chi connectivity index (χ1v) is 5.49. The molecular weight excluding hydrogens is 230 g/mol. The number of rotatable bonds is 3. The van der Waals surface area contributed by atoms with Crippen LogP contribution in [0.2, 0.25) is 0 Å². The van der Waals surface area contributed by atoms with Crippen LogP contribution < -0.4 is 0 Å². The first-order valence-electron chi connectivity index (χ1n) is 5.49. The van der Waals surface area contributed by atoms with Crippen LogP contribution in [0, 0.1) is 0 Å². The van der Waals surface area contributed by atoms with Crippen LogP contribution in [0.25, 0.3) is 0 Å². The number of benzene rings is 1. The van der Waals surface area contributed by atoms with Crippen molar-refractivity contribution in [3.05, 3.63) is 65.5 Å². The molecule has 0 fully saturated rings. The van der Waals surface area contributed by atoms with Crippen molar-refractivity contribution in [2.75, 3.05) is 7.11 Å². The molecule has 0 bridgehead atoms. The molecule has 1 heterocycles. The van der Waals surface area contributed by atoms with E-state index in [9.17, 15) is 9.90 Å². The zero-order valence-electron chi connectivity index (χ0n) is 9.91. The van der Waals surface area contributed by atoms with E-state index >= 15 is 0 Å². The van der Waals surface area contributed by atoms with Crippen LogP contribution in [0.15, 0.2) is 48.7 Å². The number of ether oxygens (including phenoxy) is 1. The van der Waals surface area contributed by atoms with Gasteiger partial charge in [-0.1, -0.05) is 18.2 Å². The minimum atomic E-state index is -0.794. The van der Waals surface area contributed by atoms with Crippen LogP contribution in [0.4, 0.5) is 0 Å². The number of aromatic nitrogens is 1. The lowest BCUT2D eigenvalue weighted by atomic mass is 10.0. The lowest BCUT2D eigenvalue weighted by molar-refractivity contribution is 0.0600. The van der Waals surface area contributed by atoms with E-state index in [1.54, 1.807) is 42.6 Å². The van der Waals surface area contributed by atoms with Gasteiger partial charge in [-0.05, 0) is 29.8 Å². The van der Waals surface area contributed by atoms with E-state index in [-0.39, 0.29) is 0 Å². The fraction of sp³-hybridized carbons (Fsp3) is 0.143. The average Bonchev–Trinajstić information content (AvgIpc) is 2.47. The summed E-state index contributed by atoms with van der Waals surface area (Å²) in [5, 5.41) is 10.1. The number of esters is 1. The zero-order chi connectivity index (χ0) is 13.0. The van der Waals surface area contributed by atoms with Crippen molar-refractivity contribution >= 4 is 5.97 Å². The predicted molar refractivity (Wildman–Crippen MR) is 66.1 cm³/mol. The molecule has 1 atom stereocenters. The standard InChI is InChI=1S/C14H13NO3/c1-18-14(17)11-7-5-10(6-8-11)13(16)12-4-2-3-9-15-12/h2-9,13,16H,1H3. The maximum absolute atomic E-state index is 11.3. The molecule has 0 spiro atoms. The van der Waals surface area contributed by atoms with Gasteiger partial charge in [0.05, 0.1) is 18.4 Å². The summed E-state index contributed by atoms with van der Waals surface area (Å²) in [5.41, 5.74) is 1.71. The monoisotopic (exact) mass is 243 g/mol. The fourth-order valence-corrected chi connectivity index (χ4v) is 1.63. The number of hydrogen-bond acceptors (Lipinski definition) is 4. The summed E-state index contributed by atoms with van der Waals surface area (Å²) in [6.07, 6.45) is 0.833. The van der Waals surface area contributed by atoms with Gasteiger partial charge in [-0.15, -0.1) is 0 Å². The molecule has 18 heavy (non-hydrogen) atoms. The third-order valence-electron chi connectivity index (χ3n) is 2.62. The van der Waals surface area contributed by atoms with E-state index in [2.05, 4.69) is 9.72 Å². The Balaban J connectivity index is 2.22. The SMILES string of the molecule is COC(=O)c1ccc(C(O)c2ccccn2)cc1. The summed E-state index contributed by atoms with van der Waals surface area (Å²) in [5.74, 6) is -0.395. The molecule has 0 radical (unpaired) electrons. The van der Waals surface area contributed by atoms with Crippen LogP contribution in [0.3, 0.4) is 0 Å². The molecule has 4 nitrogen and oxygen atoms in total. The van der Waals surface area contributed by atoms with Gasteiger partial charge in [0, 0.05) is 6.20 Å². The van der Waals surface area contributed by atoms with Gasteiger partial charge in [0.1, 0.15) is 6.10 Å². The van der Waals surface area contributed by atoms with Crippen LogP contribution in [-0.2, 0) is 4.74 Å². The summed E-state index contributed by atoms with van der Waals surface area (Å²) in [6, 6.07) is 12.0. The number of hydrogen-bond donors (Lipinski definition) is 1. The number of aliphatic hydroxyl groups excluding tert-OH is 1. The molecule has 1 aromatic heterocycles. The molecule has 2 rings (SSSR count). The van der Waals surface area contributed by atoms with E-state index in [4.69, 9.17) is 0 Å². The topological polar surface area (TPSA) is 59.4 Å². The summed E-state index contributed by atoms with van der Waals surface area (Å²) >= 11 is 0. The molecule has 0 aliphatic carbocycles. The fourth-order valence-electron chi connectivity index (χ4n) is 1.63. The van der Waals surface area contributed by atoms with E-state index in [1.807, 2.05) is 6.07 Å². The molecule has 0 saturated heterocycles. The Labute approximate surface area is 105 Å². The molecule has 92 valence electrons. The van der Waals surface area contributed by atoms with Crippen molar-refractivity contribution in [3.8, 4) is 0 Å². The highest BCUT2D eigenvalue weighted by Gasteiger charge is 2.12. The maximum atomic E-state index is 11.3. The van der Waals surface area contributed by atoms with Gasteiger partial charge in [0.25, 0.3) is 0 Å². The van der Waals surface area contributed by atoms with Crippen LogP contribution in [0.1, 0.15) is 27.7 Å². The van der Waals surface area contributed by atoms with Crippen molar-refractivity contribution in [2.24, 2.45) is 0 Å². The first-order chi connectivity index (χ1) is 8.72. The Morgan fingerprint density at radius 1 is 1.22 bits per heavy atom. The largest absolute Gasteiger partial charge is 0.465 e. The van der Waals surface area contributed by atoms with Gasteiger partial charge < -0.3 is 9.84 Å². The van der Waals surface area contributed by atoms with Gasteiger partial charge in [-0.25, -0.2) is 4.79 Å². The molecule has 1 aromatic carbocycles. The van der Waals surface area contributed by atoms with E-state index in [1.165, 1.54) is 7.11 Å². The van der Waals surface area contributed by atoms with Crippen LogP contribution >= 0.6 is 0 Å². The van der Waals surface area contributed by atoms with Crippen molar-refractivity contribution in [1.29, 1.82) is 0 Å². The average molecular weight is 243 g/mol. The second-order valence-corrected chi connectivity index (χ2v) is 3.77. The third-order valence-corrected chi connectivity index (χ3v) is 2.62. The third kappa shape index (κ3) is 2.55. The lowest BCUT2D eigenvalue weighted by Crippen LogP contribution is -2.04. The van der Waals surface area contributed by atoms with Gasteiger partial charge in [-0.2, -0.15) is 0 Å². The Morgan fingerprint density at radius 3 is 2.50 bits per heavy atom.